The van der Waals surface area contributed by atoms with E-state index < -0.39 is 29.2 Å². The molecule has 196 valence electrons. The Hall–Kier alpha value is -4.47. The molecule has 5 rings (SSSR count). The van der Waals surface area contributed by atoms with Crippen LogP contribution in [-0.4, -0.2) is 51.3 Å². The SMILES string of the molecule is CC(=O)N1CCCN2C(=O)c3c(OCc4ccccc4)c(=O)c(C(=O)NCc4ccc(F)cc4)cn3CC12. The van der Waals surface area contributed by atoms with Crippen LogP contribution in [0.3, 0.4) is 0 Å². The normalized spacial score (nSPS) is 16.5. The Balaban J connectivity index is 1.52. The van der Waals surface area contributed by atoms with Crippen molar-refractivity contribution in [3.8, 4) is 5.75 Å². The van der Waals surface area contributed by atoms with Gasteiger partial charge < -0.3 is 24.4 Å². The van der Waals surface area contributed by atoms with Crippen LogP contribution < -0.4 is 15.5 Å². The van der Waals surface area contributed by atoms with Gasteiger partial charge in [0.15, 0.2) is 11.4 Å². The van der Waals surface area contributed by atoms with Crippen molar-refractivity contribution in [1.82, 2.24) is 19.7 Å². The fourth-order valence-electron chi connectivity index (χ4n) is 4.90. The summed E-state index contributed by atoms with van der Waals surface area (Å²) in [5.74, 6) is -1.83. The number of nitrogens with one attached hydrogen (secondary N) is 1. The first kappa shape index (κ1) is 25.2. The number of amides is 3. The molecule has 0 aliphatic carbocycles. The molecule has 38 heavy (non-hydrogen) atoms. The largest absolute Gasteiger partial charge is 0.483 e. The van der Waals surface area contributed by atoms with Gasteiger partial charge in [0, 0.05) is 32.8 Å². The summed E-state index contributed by atoms with van der Waals surface area (Å²) >= 11 is 0. The molecule has 1 aromatic heterocycles. The van der Waals surface area contributed by atoms with Gasteiger partial charge in [-0.1, -0.05) is 42.5 Å². The predicted octanol–water partition coefficient (Wildman–Crippen LogP) is 2.53. The van der Waals surface area contributed by atoms with E-state index in [1.807, 2.05) is 30.3 Å². The zero-order chi connectivity index (χ0) is 26.8. The van der Waals surface area contributed by atoms with Crippen molar-refractivity contribution in [3.63, 3.8) is 0 Å². The first-order valence-electron chi connectivity index (χ1n) is 12.4. The minimum atomic E-state index is -0.698. The quantitative estimate of drug-likeness (QED) is 0.541. The number of aromatic nitrogens is 1. The summed E-state index contributed by atoms with van der Waals surface area (Å²) in [7, 11) is 0. The number of fused-ring (bicyclic) bond motifs is 2. The van der Waals surface area contributed by atoms with Crippen molar-refractivity contribution in [3.05, 3.63) is 99.2 Å². The van der Waals surface area contributed by atoms with Crippen LogP contribution in [0.4, 0.5) is 4.39 Å². The maximum Gasteiger partial charge on any atom is 0.276 e. The molecule has 0 spiro atoms. The van der Waals surface area contributed by atoms with Crippen molar-refractivity contribution in [1.29, 1.82) is 0 Å². The Morgan fingerprint density at radius 1 is 1.03 bits per heavy atom. The Kier molecular flexibility index (Phi) is 6.95. The van der Waals surface area contributed by atoms with E-state index in [1.54, 1.807) is 14.4 Å². The van der Waals surface area contributed by atoms with Crippen LogP contribution in [-0.2, 0) is 24.5 Å². The molecule has 1 fully saturated rings. The summed E-state index contributed by atoms with van der Waals surface area (Å²) in [5, 5.41) is 2.69. The highest BCUT2D eigenvalue weighted by Gasteiger charge is 2.42. The van der Waals surface area contributed by atoms with Gasteiger partial charge in [0.05, 0.1) is 6.54 Å². The van der Waals surface area contributed by atoms with Gasteiger partial charge in [-0.3, -0.25) is 19.2 Å². The molecule has 2 aliphatic rings. The first-order chi connectivity index (χ1) is 18.3. The molecule has 2 aromatic carbocycles. The minimum absolute atomic E-state index is 0.0278. The van der Waals surface area contributed by atoms with Gasteiger partial charge >= 0.3 is 0 Å². The lowest BCUT2D eigenvalue weighted by Gasteiger charge is -2.47. The van der Waals surface area contributed by atoms with E-state index in [4.69, 9.17) is 4.74 Å². The number of halogens is 1. The maximum atomic E-state index is 13.6. The van der Waals surface area contributed by atoms with E-state index in [1.165, 1.54) is 37.4 Å². The Morgan fingerprint density at radius 3 is 2.47 bits per heavy atom. The van der Waals surface area contributed by atoms with Gasteiger partial charge in [0.2, 0.25) is 11.3 Å². The molecule has 0 saturated carbocycles. The Morgan fingerprint density at radius 2 is 1.76 bits per heavy atom. The highest BCUT2D eigenvalue weighted by atomic mass is 19.1. The van der Waals surface area contributed by atoms with Crippen molar-refractivity contribution >= 4 is 17.7 Å². The first-order valence-corrected chi connectivity index (χ1v) is 12.4. The molecule has 9 nitrogen and oxygen atoms in total. The molecule has 0 bridgehead atoms. The second kappa shape index (κ2) is 10.5. The number of nitrogens with zero attached hydrogens (tertiary/aromatic N) is 3. The predicted molar refractivity (Wildman–Crippen MR) is 136 cm³/mol. The van der Waals surface area contributed by atoms with E-state index in [-0.39, 0.29) is 42.6 Å². The molecule has 1 atom stereocenters. The molecule has 3 aromatic rings. The van der Waals surface area contributed by atoms with Gasteiger partial charge in [-0.05, 0) is 29.7 Å². The van der Waals surface area contributed by atoms with Crippen LogP contribution in [0, 0.1) is 5.82 Å². The third-order valence-electron chi connectivity index (χ3n) is 6.82. The van der Waals surface area contributed by atoms with E-state index >= 15 is 0 Å². The molecule has 3 heterocycles. The lowest BCUT2D eigenvalue weighted by molar-refractivity contribution is -0.137. The highest BCUT2D eigenvalue weighted by Crippen LogP contribution is 2.29. The molecule has 0 radical (unpaired) electrons. The molecule has 1 unspecified atom stereocenters. The Bertz CT molecular complexity index is 1440. The molecule has 3 amide bonds. The molecular formula is C28H27FN4O5. The van der Waals surface area contributed by atoms with E-state index in [0.717, 1.165) is 5.56 Å². The van der Waals surface area contributed by atoms with Gasteiger partial charge in [0.1, 0.15) is 24.2 Å². The monoisotopic (exact) mass is 518 g/mol. The molecule has 1 N–H and O–H groups in total. The van der Waals surface area contributed by atoms with Crippen molar-refractivity contribution in [2.75, 3.05) is 13.1 Å². The summed E-state index contributed by atoms with van der Waals surface area (Å²) in [6, 6.07) is 14.8. The molecule has 2 aliphatic heterocycles. The van der Waals surface area contributed by atoms with Crippen molar-refractivity contribution in [2.45, 2.75) is 39.2 Å². The summed E-state index contributed by atoms with van der Waals surface area (Å²) in [6.07, 6.45) is 1.45. The number of carbonyl (C=O) groups excluding carboxylic acids is 3. The van der Waals surface area contributed by atoms with E-state index in [0.29, 0.717) is 25.1 Å². The molecule has 1 saturated heterocycles. The lowest BCUT2D eigenvalue weighted by Crippen LogP contribution is -2.62. The standard InChI is InChI=1S/C28H27FN4O5/c1-18(34)32-12-5-13-33-23(32)16-31-15-22(27(36)30-14-19-8-10-21(29)11-9-19)25(35)26(24(31)28(33)37)38-17-20-6-3-2-4-7-20/h2-4,6-11,15,23H,5,12-14,16-17H2,1H3,(H,30,36). The van der Waals surface area contributed by atoms with Crippen LogP contribution in [0.2, 0.25) is 0 Å². The number of pyridine rings is 1. The third-order valence-corrected chi connectivity index (χ3v) is 6.82. The van der Waals surface area contributed by atoms with Gasteiger partial charge in [-0.2, -0.15) is 0 Å². The van der Waals surface area contributed by atoms with Gasteiger partial charge in [-0.25, -0.2) is 4.39 Å². The number of ether oxygens (including phenoxy) is 1. The van der Waals surface area contributed by atoms with Crippen LogP contribution >= 0.6 is 0 Å². The summed E-state index contributed by atoms with van der Waals surface area (Å²) in [6.45, 7) is 2.72. The van der Waals surface area contributed by atoms with E-state index in [2.05, 4.69) is 5.32 Å². The summed E-state index contributed by atoms with van der Waals surface area (Å²) in [4.78, 5) is 55.8. The highest BCUT2D eigenvalue weighted by molar-refractivity contribution is 5.99. The van der Waals surface area contributed by atoms with Crippen molar-refractivity contribution in [2.24, 2.45) is 0 Å². The fraction of sp³-hybridized carbons (Fsp3) is 0.286. The fourth-order valence-corrected chi connectivity index (χ4v) is 4.90. The van der Waals surface area contributed by atoms with Crippen LogP contribution in [0.25, 0.3) is 0 Å². The van der Waals surface area contributed by atoms with Crippen LogP contribution in [0.1, 0.15) is 45.3 Å². The number of benzene rings is 2. The number of hydrogen-bond donors (Lipinski definition) is 1. The Labute approximate surface area is 218 Å². The van der Waals surface area contributed by atoms with Crippen LogP contribution in [0.5, 0.6) is 5.75 Å². The molecular weight excluding hydrogens is 491 g/mol. The average molecular weight is 519 g/mol. The zero-order valence-corrected chi connectivity index (χ0v) is 20.9. The average Bonchev–Trinajstić information content (AvgIpc) is 2.92. The summed E-state index contributed by atoms with van der Waals surface area (Å²) in [5.41, 5.74) is 0.617. The van der Waals surface area contributed by atoms with Crippen LogP contribution in [0.15, 0.2) is 65.6 Å². The van der Waals surface area contributed by atoms with Gasteiger partial charge in [0.25, 0.3) is 11.8 Å². The number of carbonyl (C=O) groups is 3. The van der Waals surface area contributed by atoms with Crippen molar-refractivity contribution < 1.29 is 23.5 Å². The minimum Gasteiger partial charge on any atom is -0.483 e. The topological polar surface area (TPSA) is 101 Å². The second-order valence-corrected chi connectivity index (χ2v) is 9.33. The van der Waals surface area contributed by atoms with E-state index in [9.17, 15) is 23.6 Å². The maximum absolute atomic E-state index is 13.6. The second-order valence-electron chi connectivity index (χ2n) is 9.33. The lowest BCUT2D eigenvalue weighted by atomic mass is 10.1. The summed E-state index contributed by atoms with van der Waals surface area (Å²) < 4.78 is 20.7. The van der Waals surface area contributed by atoms with Gasteiger partial charge in [-0.15, -0.1) is 0 Å². The third kappa shape index (κ3) is 4.89. The smallest absolute Gasteiger partial charge is 0.276 e. The molecule has 10 heteroatoms. The number of hydrogen-bond acceptors (Lipinski definition) is 5. The zero-order valence-electron chi connectivity index (χ0n) is 20.9. The number of rotatable bonds is 6.